The molecule has 1 aromatic rings. The lowest BCUT2D eigenvalue weighted by Crippen LogP contribution is -2.48. The van der Waals surface area contributed by atoms with Crippen molar-refractivity contribution in [1.82, 2.24) is 0 Å². The van der Waals surface area contributed by atoms with Gasteiger partial charge >= 0.3 is 6.09 Å². The number of fused-ring (bicyclic) bond motifs is 1. The Kier molecular flexibility index (Phi) is 5.13. The average Bonchev–Trinajstić information content (AvgIpc) is 2.36. The number of nitrogens with zero attached hydrogens (tertiary/aromatic N) is 1. The van der Waals surface area contributed by atoms with Gasteiger partial charge < -0.3 is 4.74 Å². The summed E-state index contributed by atoms with van der Waals surface area (Å²) in [5, 5.41) is 0.672. The second kappa shape index (κ2) is 6.40. The number of rotatable bonds is 1. The molecule has 1 heterocycles. The largest absolute Gasteiger partial charge is 0.443 e. The van der Waals surface area contributed by atoms with Crippen LogP contribution in [0.25, 0.3) is 0 Å². The Morgan fingerprint density at radius 1 is 1.41 bits per heavy atom. The summed E-state index contributed by atoms with van der Waals surface area (Å²) >= 11 is 9.66. The van der Waals surface area contributed by atoms with Gasteiger partial charge in [-0.15, -0.1) is 0 Å². The number of amides is 1. The Morgan fingerprint density at radius 3 is 2.59 bits per heavy atom. The van der Waals surface area contributed by atoms with Crippen molar-refractivity contribution < 1.29 is 9.53 Å². The normalized spacial score (nSPS) is 18.4. The van der Waals surface area contributed by atoms with Crippen LogP contribution >= 0.6 is 27.5 Å². The van der Waals surface area contributed by atoms with Gasteiger partial charge in [0.25, 0.3) is 0 Å². The van der Waals surface area contributed by atoms with Gasteiger partial charge in [-0.05, 0) is 73.2 Å². The first-order valence-corrected chi connectivity index (χ1v) is 8.77. The number of benzene rings is 1. The number of halogens is 2. The van der Waals surface area contributed by atoms with E-state index in [1.807, 2.05) is 32.9 Å². The van der Waals surface area contributed by atoms with Gasteiger partial charge in [-0.1, -0.05) is 25.4 Å². The minimum absolute atomic E-state index is 0.135. The summed E-state index contributed by atoms with van der Waals surface area (Å²) in [5.74, 6) is 0.357. The van der Waals surface area contributed by atoms with Crippen molar-refractivity contribution in [2.75, 3.05) is 4.90 Å². The Morgan fingerprint density at radius 2 is 2.05 bits per heavy atom. The van der Waals surface area contributed by atoms with Gasteiger partial charge in [-0.25, -0.2) is 4.79 Å². The molecule has 0 spiro atoms. The van der Waals surface area contributed by atoms with Crippen LogP contribution in [0, 0.1) is 5.92 Å². The molecule has 1 atom stereocenters. The molecule has 0 bridgehead atoms. The zero-order chi connectivity index (χ0) is 16.7. The SMILES string of the molecule is CC(C)C1CCc2cc(Cl)c(Br)cc2N1C(=O)OC(C)(C)C. The molecule has 0 saturated carbocycles. The van der Waals surface area contributed by atoms with Crippen LogP contribution < -0.4 is 4.90 Å². The van der Waals surface area contributed by atoms with E-state index in [-0.39, 0.29) is 12.1 Å². The maximum absolute atomic E-state index is 12.7. The molecule has 0 aromatic heterocycles. The molecule has 2 rings (SSSR count). The third-order valence-corrected chi connectivity index (χ3v) is 4.98. The molecule has 0 fully saturated rings. The lowest BCUT2D eigenvalue weighted by atomic mass is 9.89. The molecule has 22 heavy (non-hydrogen) atoms. The van der Waals surface area contributed by atoms with E-state index in [1.165, 1.54) is 0 Å². The summed E-state index contributed by atoms with van der Waals surface area (Å²) in [7, 11) is 0. The van der Waals surface area contributed by atoms with E-state index in [4.69, 9.17) is 16.3 Å². The summed E-state index contributed by atoms with van der Waals surface area (Å²) < 4.78 is 6.42. The van der Waals surface area contributed by atoms with Crippen LogP contribution in [0.5, 0.6) is 0 Å². The molecule has 1 aliphatic rings. The smallest absolute Gasteiger partial charge is 0.415 e. The second-order valence-electron chi connectivity index (χ2n) is 7.10. The highest BCUT2D eigenvalue weighted by Crippen LogP contribution is 2.39. The standard InChI is InChI=1S/C17H23BrClNO2/c1-10(2)14-7-6-11-8-13(19)12(18)9-15(11)20(14)16(21)22-17(3,4)5/h8-10,14H,6-7H2,1-5H3. The highest BCUT2D eigenvalue weighted by atomic mass is 79.9. The van der Waals surface area contributed by atoms with Gasteiger partial charge in [0.15, 0.2) is 0 Å². The zero-order valence-corrected chi connectivity index (χ0v) is 16.1. The predicted molar refractivity (Wildman–Crippen MR) is 94.8 cm³/mol. The number of hydrogen-bond donors (Lipinski definition) is 0. The fourth-order valence-corrected chi connectivity index (χ4v) is 3.31. The number of carbonyl (C=O) groups excluding carboxylic acids is 1. The molecule has 0 aliphatic carbocycles. The van der Waals surface area contributed by atoms with Crippen molar-refractivity contribution in [3.63, 3.8) is 0 Å². The van der Waals surface area contributed by atoms with Crippen molar-refractivity contribution in [3.8, 4) is 0 Å². The monoisotopic (exact) mass is 387 g/mol. The summed E-state index contributed by atoms with van der Waals surface area (Å²) in [4.78, 5) is 14.5. The molecule has 3 nitrogen and oxygen atoms in total. The molecule has 0 radical (unpaired) electrons. The number of carbonyl (C=O) groups is 1. The molecule has 1 aromatic carbocycles. The van der Waals surface area contributed by atoms with Crippen molar-refractivity contribution >= 4 is 39.3 Å². The minimum atomic E-state index is -0.514. The van der Waals surface area contributed by atoms with Crippen LogP contribution in [0.1, 0.15) is 46.6 Å². The molecular weight excluding hydrogens is 366 g/mol. The van der Waals surface area contributed by atoms with Crippen molar-refractivity contribution in [1.29, 1.82) is 0 Å². The van der Waals surface area contributed by atoms with Crippen molar-refractivity contribution in [2.45, 2.75) is 59.1 Å². The van der Waals surface area contributed by atoms with Gasteiger partial charge in [0.2, 0.25) is 0 Å². The van der Waals surface area contributed by atoms with E-state index in [0.717, 1.165) is 28.6 Å². The molecule has 122 valence electrons. The Balaban J connectivity index is 2.46. The molecule has 1 aliphatic heterocycles. The summed E-state index contributed by atoms with van der Waals surface area (Å²) in [6, 6.07) is 4.00. The Labute approximate surface area is 146 Å². The van der Waals surface area contributed by atoms with Crippen LogP contribution in [0.4, 0.5) is 10.5 Å². The first-order valence-electron chi connectivity index (χ1n) is 7.60. The fraction of sp³-hybridized carbons (Fsp3) is 0.588. The van der Waals surface area contributed by atoms with Crippen LogP contribution in [0.15, 0.2) is 16.6 Å². The molecule has 1 unspecified atom stereocenters. The Hall–Kier alpha value is -0.740. The first-order chi connectivity index (χ1) is 10.1. The van der Waals surface area contributed by atoms with Crippen molar-refractivity contribution in [2.24, 2.45) is 5.92 Å². The van der Waals surface area contributed by atoms with Gasteiger partial charge in [0, 0.05) is 10.5 Å². The molecule has 0 saturated heterocycles. The van der Waals surface area contributed by atoms with E-state index >= 15 is 0 Å². The molecular formula is C17H23BrClNO2. The number of ether oxygens (including phenoxy) is 1. The fourth-order valence-electron chi connectivity index (χ4n) is 2.79. The van der Waals surface area contributed by atoms with E-state index in [9.17, 15) is 4.79 Å². The highest BCUT2D eigenvalue weighted by molar-refractivity contribution is 9.10. The van der Waals surface area contributed by atoms with E-state index in [0.29, 0.717) is 10.9 Å². The lowest BCUT2D eigenvalue weighted by Gasteiger charge is -2.40. The van der Waals surface area contributed by atoms with Crippen LogP contribution in [-0.4, -0.2) is 17.7 Å². The van der Waals surface area contributed by atoms with Crippen molar-refractivity contribution in [3.05, 3.63) is 27.2 Å². The zero-order valence-electron chi connectivity index (χ0n) is 13.7. The topological polar surface area (TPSA) is 29.5 Å². The van der Waals surface area contributed by atoms with E-state index < -0.39 is 5.60 Å². The number of anilines is 1. The molecule has 1 amide bonds. The number of aryl methyl sites for hydroxylation is 1. The van der Waals surface area contributed by atoms with Gasteiger partial charge in [0.05, 0.1) is 10.7 Å². The van der Waals surface area contributed by atoms with Gasteiger partial charge in [-0.2, -0.15) is 0 Å². The second-order valence-corrected chi connectivity index (χ2v) is 8.36. The summed E-state index contributed by atoms with van der Waals surface area (Å²) in [6.45, 7) is 9.93. The lowest BCUT2D eigenvalue weighted by molar-refractivity contribution is 0.0550. The van der Waals surface area contributed by atoms with Gasteiger partial charge in [0.1, 0.15) is 5.60 Å². The van der Waals surface area contributed by atoms with Crippen LogP contribution in [0.3, 0.4) is 0 Å². The highest BCUT2D eigenvalue weighted by Gasteiger charge is 2.36. The maximum Gasteiger partial charge on any atom is 0.415 e. The predicted octanol–water partition coefficient (Wildman–Crippen LogP) is 5.81. The third-order valence-electron chi connectivity index (χ3n) is 3.78. The Bertz CT molecular complexity index is 581. The van der Waals surface area contributed by atoms with Crippen LogP contribution in [0.2, 0.25) is 5.02 Å². The quantitative estimate of drug-likeness (QED) is 0.607. The third kappa shape index (κ3) is 3.77. The average molecular weight is 389 g/mol. The minimum Gasteiger partial charge on any atom is -0.443 e. The van der Waals surface area contributed by atoms with E-state index in [1.54, 1.807) is 4.90 Å². The van der Waals surface area contributed by atoms with Gasteiger partial charge in [-0.3, -0.25) is 4.90 Å². The van der Waals surface area contributed by atoms with Crippen LogP contribution in [-0.2, 0) is 11.2 Å². The van der Waals surface area contributed by atoms with E-state index in [2.05, 4.69) is 29.8 Å². The maximum atomic E-state index is 12.7. The molecule has 0 N–H and O–H groups in total. The summed E-state index contributed by atoms with van der Waals surface area (Å²) in [6.07, 6.45) is 1.55. The first kappa shape index (κ1) is 17.6. The molecule has 5 heteroatoms. The number of hydrogen-bond acceptors (Lipinski definition) is 2. The summed E-state index contributed by atoms with van der Waals surface area (Å²) in [5.41, 5.74) is 1.48.